The standard InChI is InChI=1S/C19H30O2/c1-4-5-6-7-8-9-10-11-12-13-14-15-16-17-18-19(20-2)21-3/h4-5,7-8,10-11,13-14,16-17,19H,6,9,12,15,18H2,1-3H3/b5-4-,8-7-,11-10-,14-13-,17-16-. The molecule has 0 aromatic heterocycles. The topological polar surface area (TPSA) is 18.5 Å². The minimum atomic E-state index is -0.131. The van der Waals surface area contributed by atoms with Crippen molar-refractivity contribution in [2.75, 3.05) is 14.2 Å². The van der Waals surface area contributed by atoms with Gasteiger partial charge in [-0.25, -0.2) is 0 Å². The molecule has 0 N–H and O–H groups in total. The zero-order chi connectivity index (χ0) is 15.6. The van der Waals surface area contributed by atoms with Gasteiger partial charge in [-0.2, -0.15) is 0 Å². The van der Waals surface area contributed by atoms with Crippen molar-refractivity contribution in [3.05, 3.63) is 60.8 Å². The van der Waals surface area contributed by atoms with Gasteiger partial charge in [0.2, 0.25) is 0 Å². The van der Waals surface area contributed by atoms with Crippen LogP contribution in [0, 0.1) is 0 Å². The van der Waals surface area contributed by atoms with Gasteiger partial charge in [0.25, 0.3) is 0 Å². The van der Waals surface area contributed by atoms with Gasteiger partial charge in [0.1, 0.15) is 0 Å². The first-order chi connectivity index (χ1) is 10.3. The summed E-state index contributed by atoms with van der Waals surface area (Å²) in [5, 5.41) is 0. The highest BCUT2D eigenvalue weighted by Gasteiger charge is 1.99. The van der Waals surface area contributed by atoms with Crippen LogP contribution < -0.4 is 0 Å². The van der Waals surface area contributed by atoms with Gasteiger partial charge in [-0.3, -0.25) is 0 Å². The van der Waals surface area contributed by atoms with E-state index in [4.69, 9.17) is 9.47 Å². The fourth-order valence-corrected chi connectivity index (χ4v) is 1.62. The lowest BCUT2D eigenvalue weighted by Crippen LogP contribution is -2.10. The average molecular weight is 290 g/mol. The van der Waals surface area contributed by atoms with Crippen LogP contribution >= 0.6 is 0 Å². The molecule has 2 nitrogen and oxygen atoms in total. The van der Waals surface area contributed by atoms with Crippen molar-refractivity contribution in [3.63, 3.8) is 0 Å². The molecule has 0 aliphatic carbocycles. The van der Waals surface area contributed by atoms with E-state index in [9.17, 15) is 0 Å². The van der Waals surface area contributed by atoms with E-state index in [1.807, 2.05) is 6.92 Å². The maximum atomic E-state index is 5.10. The number of allylic oxidation sites excluding steroid dienone is 9. The van der Waals surface area contributed by atoms with Crippen molar-refractivity contribution in [2.45, 2.75) is 45.3 Å². The molecular formula is C19H30O2. The molecule has 118 valence electrons. The van der Waals surface area contributed by atoms with Gasteiger partial charge in [-0.05, 0) is 32.6 Å². The summed E-state index contributed by atoms with van der Waals surface area (Å²) in [5.74, 6) is 0. The molecule has 0 saturated carbocycles. The van der Waals surface area contributed by atoms with Gasteiger partial charge >= 0.3 is 0 Å². The fraction of sp³-hybridized carbons (Fsp3) is 0.474. The molecule has 0 spiro atoms. The summed E-state index contributed by atoms with van der Waals surface area (Å²) in [6.07, 6.45) is 26.3. The summed E-state index contributed by atoms with van der Waals surface area (Å²) in [5.41, 5.74) is 0. The third kappa shape index (κ3) is 14.8. The molecule has 0 atom stereocenters. The molecule has 0 aliphatic heterocycles. The molecule has 0 radical (unpaired) electrons. The molecule has 0 fully saturated rings. The van der Waals surface area contributed by atoms with Crippen LogP contribution in [0.5, 0.6) is 0 Å². The Kier molecular flexibility index (Phi) is 15.6. The first-order valence-corrected chi connectivity index (χ1v) is 7.61. The largest absolute Gasteiger partial charge is 0.356 e. The van der Waals surface area contributed by atoms with Crippen LogP contribution in [0.3, 0.4) is 0 Å². The molecule has 0 unspecified atom stereocenters. The van der Waals surface area contributed by atoms with E-state index in [0.717, 1.165) is 32.1 Å². The highest BCUT2D eigenvalue weighted by Crippen LogP contribution is 2.00. The van der Waals surface area contributed by atoms with Crippen LogP contribution in [0.4, 0.5) is 0 Å². The Labute approximate surface area is 130 Å². The van der Waals surface area contributed by atoms with E-state index >= 15 is 0 Å². The van der Waals surface area contributed by atoms with Crippen LogP contribution in [-0.2, 0) is 9.47 Å². The first-order valence-electron chi connectivity index (χ1n) is 7.61. The lowest BCUT2D eigenvalue weighted by molar-refractivity contribution is -0.0986. The third-order valence-electron chi connectivity index (χ3n) is 2.85. The zero-order valence-electron chi connectivity index (χ0n) is 13.7. The second kappa shape index (κ2) is 16.7. The van der Waals surface area contributed by atoms with Gasteiger partial charge < -0.3 is 9.47 Å². The molecule has 0 amide bonds. The van der Waals surface area contributed by atoms with E-state index in [1.54, 1.807) is 14.2 Å². The van der Waals surface area contributed by atoms with Gasteiger partial charge in [0, 0.05) is 20.6 Å². The summed E-state index contributed by atoms with van der Waals surface area (Å²) >= 11 is 0. The molecule has 0 aromatic carbocycles. The van der Waals surface area contributed by atoms with Crippen molar-refractivity contribution < 1.29 is 9.47 Å². The van der Waals surface area contributed by atoms with E-state index in [-0.39, 0.29) is 6.29 Å². The predicted molar refractivity (Wildman–Crippen MR) is 92.3 cm³/mol. The minimum absolute atomic E-state index is 0.131. The van der Waals surface area contributed by atoms with Crippen molar-refractivity contribution in [2.24, 2.45) is 0 Å². The van der Waals surface area contributed by atoms with Crippen LogP contribution in [0.25, 0.3) is 0 Å². The molecular weight excluding hydrogens is 260 g/mol. The summed E-state index contributed by atoms with van der Waals surface area (Å²) in [7, 11) is 3.31. The second-order valence-corrected chi connectivity index (χ2v) is 4.53. The number of hydrogen-bond donors (Lipinski definition) is 0. The average Bonchev–Trinajstić information content (AvgIpc) is 2.51. The second-order valence-electron chi connectivity index (χ2n) is 4.53. The molecule has 0 bridgehead atoms. The van der Waals surface area contributed by atoms with Crippen LogP contribution in [0.2, 0.25) is 0 Å². The Morgan fingerprint density at radius 3 is 1.38 bits per heavy atom. The minimum Gasteiger partial charge on any atom is -0.356 e. The number of hydrogen-bond acceptors (Lipinski definition) is 2. The van der Waals surface area contributed by atoms with E-state index < -0.39 is 0 Å². The van der Waals surface area contributed by atoms with E-state index in [1.165, 1.54) is 0 Å². The smallest absolute Gasteiger partial charge is 0.160 e. The maximum Gasteiger partial charge on any atom is 0.160 e. The molecule has 0 aliphatic rings. The number of ether oxygens (including phenoxy) is 2. The Hall–Kier alpha value is -1.38. The third-order valence-corrected chi connectivity index (χ3v) is 2.85. The SMILES string of the molecule is C/C=C\C/C=C\C/C=C\C/C=C\C/C=C\CC(OC)OC. The van der Waals surface area contributed by atoms with Crippen LogP contribution in [0.1, 0.15) is 39.0 Å². The van der Waals surface area contributed by atoms with E-state index in [2.05, 4.69) is 60.8 Å². The molecule has 0 aromatic rings. The quantitative estimate of drug-likeness (QED) is 0.356. The highest BCUT2D eigenvalue weighted by atomic mass is 16.7. The van der Waals surface area contributed by atoms with Gasteiger partial charge in [-0.15, -0.1) is 0 Å². The van der Waals surface area contributed by atoms with Crippen molar-refractivity contribution >= 4 is 0 Å². The predicted octanol–water partition coefficient (Wildman–Crippen LogP) is 5.36. The Balaban J connectivity index is 3.55. The number of methoxy groups -OCH3 is 2. The summed E-state index contributed by atoms with van der Waals surface area (Å²) in [6, 6.07) is 0. The van der Waals surface area contributed by atoms with Crippen molar-refractivity contribution in [1.29, 1.82) is 0 Å². The van der Waals surface area contributed by atoms with Gasteiger partial charge in [0.15, 0.2) is 6.29 Å². The molecule has 0 saturated heterocycles. The number of rotatable bonds is 12. The Bertz CT molecular complexity index is 345. The molecule has 21 heavy (non-hydrogen) atoms. The van der Waals surface area contributed by atoms with Crippen LogP contribution in [-0.4, -0.2) is 20.5 Å². The monoisotopic (exact) mass is 290 g/mol. The molecule has 2 heteroatoms. The first kappa shape index (κ1) is 19.6. The van der Waals surface area contributed by atoms with E-state index in [0.29, 0.717) is 0 Å². The molecule has 0 heterocycles. The lowest BCUT2D eigenvalue weighted by Gasteiger charge is -2.09. The lowest BCUT2D eigenvalue weighted by atomic mass is 10.2. The highest BCUT2D eigenvalue weighted by molar-refractivity contribution is 5.00. The van der Waals surface area contributed by atoms with Crippen LogP contribution in [0.15, 0.2) is 60.8 Å². The van der Waals surface area contributed by atoms with Crippen molar-refractivity contribution in [1.82, 2.24) is 0 Å². The summed E-state index contributed by atoms with van der Waals surface area (Å²) in [4.78, 5) is 0. The maximum absolute atomic E-state index is 5.10. The van der Waals surface area contributed by atoms with Crippen molar-refractivity contribution in [3.8, 4) is 0 Å². The van der Waals surface area contributed by atoms with Gasteiger partial charge in [-0.1, -0.05) is 60.8 Å². The summed E-state index contributed by atoms with van der Waals surface area (Å²) in [6.45, 7) is 2.04. The Morgan fingerprint density at radius 1 is 0.619 bits per heavy atom. The normalized spacial score (nSPS) is 13.3. The van der Waals surface area contributed by atoms with Gasteiger partial charge in [0.05, 0.1) is 0 Å². The fourth-order valence-electron chi connectivity index (χ4n) is 1.62. The Morgan fingerprint density at radius 2 is 1.00 bits per heavy atom. The summed E-state index contributed by atoms with van der Waals surface area (Å²) < 4.78 is 10.2. The zero-order valence-corrected chi connectivity index (χ0v) is 13.7. The molecule has 0 rings (SSSR count).